The van der Waals surface area contributed by atoms with E-state index in [9.17, 15) is 0 Å². The summed E-state index contributed by atoms with van der Waals surface area (Å²) in [5.74, 6) is 1.09. The Morgan fingerprint density at radius 3 is 1.51 bits per heavy atom. The van der Waals surface area contributed by atoms with Crippen molar-refractivity contribution in [2.75, 3.05) is 0 Å². The number of aromatic nitrogens is 2. The van der Waals surface area contributed by atoms with Gasteiger partial charge in [0.25, 0.3) is 11.0 Å². The third-order valence-electron chi connectivity index (χ3n) is 11.7. The number of benzene rings is 6. The van der Waals surface area contributed by atoms with E-state index in [1.54, 1.807) is 0 Å². The van der Waals surface area contributed by atoms with Crippen molar-refractivity contribution in [1.82, 2.24) is 9.13 Å². The highest BCUT2D eigenvalue weighted by atomic mass is 15.6. The molecule has 0 saturated heterocycles. The van der Waals surface area contributed by atoms with Gasteiger partial charge >= 0.3 is 17.6 Å². The first kappa shape index (κ1) is 23.6. The Bertz CT molecular complexity index is 3330. The van der Waals surface area contributed by atoms with Crippen LogP contribution in [0.15, 0.2) is 131 Å². The van der Waals surface area contributed by atoms with Crippen molar-refractivity contribution in [3.05, 3.63) is 166 Å². The monoisotopic (exact) mass is 622 g/mol. The summed E-state index contributed by atoms with van der Waals surface area (Å²) in [6.07, 6.45) is 4.80. The van der Waals surface area contributed by atoms with Crippen LogP contribution in [0.4, 0.5) is 0 Å². The molecule has 14 rings (SSSR count). The van der Waals surface area contributed by atoms with Crippen molar-refractivity contribution < 1.29 is 9.15 Å². The number of fused-ring (bicyclic) bond motifs is 14. The van der Waals surface area contributed by atoms with Gasteiger partial charge in [-0.1, -0.05) is 84.9 Å². The Morgan fingerprint density at radius 2 is 0.898 bits per heavy atom. The maximum Gasteiger partial charge on any atom is 0.441 e. The van der Waals surface area contributed by atoms with Crippen molar-refractivity contribution in [1.29, 1.82) is 0 Å². The zero-order valence-corrected chi connectivity index (χ0v) is 25.9. The first-order chi connectivity index (χ1) is 24.3. The minimum Gasteiger partial charge on any atom is -0.241 e. The lowest BCUT2D eigenvalue weighted by Crippen LogP contribution is -2.69. The summed E-state index contributed by atoms with van der Waals surface area (Å²) in [4.78, 5) is 11.3. The van der Waals surface area contributed by atoms with Crippen molar-refractivity contribution in [3.8, 4) is 0 Å². The fourth-order valence-electron chi connectivity index (χ4n) is 9.79. The van der Waals surface area contributed by atoms with Crippen LogP contribution in [0.2, 0.25) is 0 Å². The smallest absolute Gasteiger partial charge is 0.241 e. The average Bonchev–Trinajstić information content (AvgIpc) is 3.85. The lowest BCUT2D eigenvalue weighted by Gasteiger charge is -2.41. The molecule has 2 aromatic heterocycles. The number of hydrogen-bond donors (Lipinski definition) is 0. The molecule has 6 aromatic carbocycles. The lowest BCUT2D eigenvalue weighted by molar-refractivity contribution is -0.807. The molecule has 6 aliphatic heterocycles. The van der Waals surface area contributed by atoms with Crippen LogP contribution in [0.3, 0.4) is 0 Å². The van der Waals surface area contributed by atoms with E-state index in [4.69, 9.17) is 9.98 Å². The second-order valence-electron chi connectivity index (χ2n) is 13.9. The minimum absolute atomic E-state index is 0.869. The van der Waals surface area contributed by atoms with E-state index in [0.29, 0.717) is 0 Å². The van der Waals surface area contributed by atoms with Gasteiger partial charge in [-0.15, -0.1) is 9.15 Å². The molecular formula is C43H22N6+2. The van der Waals surface area contributed by atoms with Crippen molar-refractivity contribution in [3.63, 3.8) is 0 Å². The van der Waals surface area contributed by atoms with Gasteiger partial charge in [0.2, 0.25) is 0 Å². The molecule has 1 spiro atoms. The minimum atomic E-state index is -0.869. The van der Waals surface area contributed by atoms with Crippen LogP contribution in [0, 0.1) is 0 Å². The molecule has 0 radical (unpaired) electrons. The Hall–Kier alpha value is -6.66. The summed E-state index contributed by atoms with van der Waals surface area (Å²) >= 11 is 0. The summed E-state index contributed by atoms with van der Waals surface area (Å²) in [6.45, 7) is 0. The van der Waals surface area contributed by atoms with E-state index >= 15 is 0 Å². The van der Waals surface area contributed by atoms with Crippen LogP contribution in [-0.2, 0) is 5.91 Å². The van der Waals surface area contributed by atoms with Gasteiger partial charge in [0, 0.05) is 34.1 Å². The molecular weight excluding hydrogens is 601 g/mol. The molecule has 222 valence electrons. The fraction of sp³-hybridized carbons (Fsp3) is 0.0233. The first-order valence-electron chi connectivity index (χ1n) is 16.9. The maximum atomic E-state index is 5.69. The number of rotatable bonds is 0. The van der Waals surface area contributed by atoms with Crippen LogP contribution in [0.1, 0.15) is 33.6 Å². The molecule has 49 heavy (non-hydrogen) atoms. The van der Waals surface area contributed by atoms with E-state index < -0.39 is 5.91 Å². The van der Waals surface area contributed by atoms with Gasteiger partial charge in [-0.3, -0.25) is 0 Å². The maximum absolute atomic E-state index is 5.69. The Kier molecular flexibility index (Phi) is 3.57. The van der Waals surface area contributed by atoms with E-state index in [0.717, 1.165) is 44.5 Å². The number of amidine groups is 2. The molecule has 8 heterocycles. The standard InChI is InChI=1S/C43H22N6/c1-2-10-24-18-32-31(17-23(24)9-1)38-22-36-28-14-6-5-13-27(28)35-21-37-29-15-7-8-16-30(29)39-44-41-33-19-25-11-3-4-12-26(25)20-34(33)42-45-40(32)48(38)43(46(35)36,47(37)39)49(41)42/h1-22H/q+2. The molecule has 8 aromatic rings. The van der Waals surface area contributed by atoms with Crippen LogP contribution < -0.4 is 11.0 Å². The van der Waals surface area contributed by atoms with Gasteiger partial charge in [0.1, 0.15) is 11.4 Å². The van der Waals surface area contributed by atoms with Gasteiger partial charge in [-0.25, -0.2) is 4.57 Å². The van der Waals surface area contributed by atoms with Crippen molar-refractivity contribution >= 4 is 78.3 Å². The molecule has 6 heteroatoms. The fourth-order valence-corrected chi connectivity index (χ4v) is 9.79. The first-order valence-corrected chi connectivity index (χ1v) is 16.9. The predicted molar refractivity (Wildman–Crippen MR) is 192 cm³/mol. The summed E-state index contributed by atoms with van der Waals surface area (Å²) < 4.78 is 10.1. The van der Waals surface area contributed by atoms with Gasteiger partial charge in [-0.05, 0) is 67.9 Å². The van der Waals surface area contributed by atoms with Crippen molar-refractivity contribution in [2.45, 2.75) is 5.91 Å². The quantitative estimate of drug-likeness (QED) is 0.166. The molecule has 1 unspecified atom stereocenters. The van der Waals surface area contributed by atoms with Gasteiger partial charge in [0.15, 0.2) is 0 Å². The second kappa shape index (κ2) is 7.40. The molecule has 0 N–H and O–H groups in total. The van der Waals surface area contributed by atoms with Crippen LogP contribution >= 0.6 is 0 Å². The summed E-state index contributed by atoms with van der Waals surface area (Å²) in [6, 6.07) is 44.4. The number of nitrogens with zero attached hydrogens (tertiary/aromatic N) is 6. The molecule has 6 nitrogen and oxygen atoms in total. The van der Waals surface area contributed by atoms with E-state index in [2.05, 4.69) is 152 Å². The highest BCUT2D eigenvalue weighted by molar-refractivity contribution is 6.14. The predicted octanol–water partition coefficient (Wildman–Crippen LogP) is 6.85. The van der Waals surface area contributed by atoms with Gasteiger partial charge < -0.3 is 0 Å². The molecule has 0 fully saturated rings. The molecule has 0 amide bonds. The zero-order chi connectivity index (χ0) is 31.3. The average molecular weight is 623 g/mol. The van der Waals surface area contributed by atoms with E-state index in [1.807, 2.05) is 0 Å². The topological polar surface area (TPSA) is 40.6 Å². The molecule has 1 atom stereocenters. The summed E-state index contributed by atoms with van der Waals surface area (Å²) in [7, 11) is 0. The van der Waals surface area contributed by atoms with Crippen molar-refractivity contribution in [2.24, 2.45) is 9.98 Å². The van der Waals surface area contributed by atoms with E-state index in [-0.39, 0.29) is 0 Å². The Balaban J connectivity index is 1.30. The molecule has 0 saturated carbocycles. The van der Waals surface area contributed by atoms with Crippen LogP contribution in [-0.4, -0.2) is 30.0 Å². The lowest BCUT2D eigenvalue weighted by atomic mass is 9.99. The normalized spacial score (nSPS) is 19.5. The third kappa shape index (κ3) is 2.34. The van der Waals surface area contributed by atoms with Crippen LogP contribution in [0.5, 0.6) is 0 Å². The van der Waals surface area contributed by atoms with Gasteiger partial charge in [0.05, 0.1) is 33.3 Å². The highest BCUT2D eigenvalue weighted by Crippen LogP contribution is 2.53. The molecule has 0 bridgehead atoms. The highest BCUT2D eigenvalue weighted by Gasteiger charge is 2.69. The van der Waals surface area contributed by atoms with Gasteiger partial charge in [-0.2, -0.15) is 4.57 Å². The Labute approximate surface area is 277 Å². The number of hydrogen-bond acceptors (Lipinski definition) is 2. The zero-order valence-electron chi connectivity index (χ0n) is 25.9. The second-order valence-corrected chi connectivity index (χ2v) is 13.9. The SMILES string of the molecule is C1=C2c3ccccc3C3=[N+]2C24n5c1c1ccccc1c5C=C1c5cc6ccccc6cc5C(=[N+]12)N=c1c2cc5ccccc5cc2c(n14)=N3. The molecule has 0 aliphatic carbocycles. The van der Waals surface area contributed by atoms with Crippen LogP contribution in [0.25, 0.3) is 66.6 Å². The summed E-state index contributed by atoms with van der Waals surface area (Å²) in [5, 5.41) is 9.59. The largest absolute Gasteiger partial charge is 0.441 e. The Morgan fingerprint density at radius 1 is 0.429 bits per heavy atom. The summed E-state index contributed by atoms with van der Waals surface area (Å²) in [5.41, 5.74) is 11.4. The van der Waals surface area contributed by atoms with E-state index in [1.165, 1.54) is 66.2 Å². The third-order valence-corrected chi connectivity index (χ3v) is 11.7. The molecule has 6 aliphatic rings.